The molecule has 0 unspecified atom stereocenters. The van der Waals surface area contributed by atoms with Crippen molar-refractivity contribution in [1.29, 1.82) is 0 Å². The van der Waals surface area contributed by atoms with Crippen LogP contribution >= 0.6 is 0 Å². The molecule has 1 aliphatic rings. The monoisotopic (exact) mass is 376 g/mol. The van der Waals surface area contributed by atoms with Crippen molar-refractivity contribution < 1.29 is 9.47 Å². The molecule has 28 heavy (non-hydrogen) atoms. The van der Waals surface area contributed by atoms with E-state index in [-0.39, 0.29) is 0 Å². The van der Waals surface area contributed by atoms with Gasteiger partial charge in [-0.25, -0.2) is 9.97 Å². The number of methoxy groups -OCH3 is 2. The Balaban J connectivity index is 1.55. The summed E-state index contributed by atoms with van der Waals surface area (Å²) in [5.41, 5.74) is 4.76. The molecule has 3 aromatic rings. The predicted octanol–water partition coefficient (Wildman–Crippen LogP) is 4.11. The summed E-state index contributed by atoms with van der Waals surface area (Å²) >= 11 is 0. The highest BCUT2D eigenvalue weighted by molar-refractivity contribution is 5.60. The van der Waals surface area contributed by atoms with E-state index in [9.17, 15) is 0 Å². The Kier molecular flexibility index (Phi) is 5.02. The minimum absolute atomic E-state index is 0.757. The van der Waals surface area contributed by atoms with Gasteiger partial charge in [0.1, 0.15) is 18.0 Å². The Morgan fingerprint density at radius 2 is 1.64 bits per heavy atom. The summed E-state index contributed by atoms with van der Waals surface area (Å²) in [6.07, 6.45) is 2.54. The number of rotatable bonds is 5. The number of hydrogen-bond acceptors (Lipinski definition) is 6. The summed E-state index contributed by atoms with van der Waals surface area (Å²) < 4.78 is 10.9. The molecule has 0 amide bonds. The van der Waals surface area contributed by atoms with E-state index in [4.69, 9.17) is 9.47 Å². The molecule has 0 saturated carbocycles. The predicted molar refractivity (Wildman–Crippen MR) is 111 cm³/mol. The van der Waals surface area contributed by atoms with Crippen LogP contribution in [0.25, 0.3) is 0 Å². The molecule has 0 fully saturated rings. The third-order valence-electron chi connectivity index (χ3n) is 5.02. The topological polar surface area (TPSA) is 59.5 Å². The highest BCUT2D eigenvalue weighted by Crippen LogP contribution is 2.34. The van der Waals surface area contributed by atoms with Crippen LogP contribution < -0.4 is 19.7 Å². The zero-order valence-electron chi connectivity index (χ0n) is 16.4. The largest absolute Gasteiger partial charge is 0.493 e. The van der Waals surface area contributed by atoms with E-state index in [1.807, 2.05) is 18.2 Å². The molecule has 0 atom stereocenters. The molecule has 0 bridgehead atoms. The third-order valence-corrected chi connectivity index (χ3v) is 5.02. The second-order valence-corrected chi connectivity index (χ2v) is 6.90. The summed E-state index contributed by atoms with van der Waals surface area (Å²) in [7, 11) is 3.33. The number of fused-ring (bicyclic) bond motifs is 1. The van der Waals surface area contributed by atoms with Crippen molar-refractivity contribution in [3.05, 3.63) is 65.5 Å². The van der Waals surface area contributed by atoms with Gasteiger partial charge in [0.2, 0.25) is 0 Å². The van der Waals surface area contributed by atoms with Crippen LogP contribution in [0.2, 0.25) is 0 Å². The van der Waals surface area contributed by atoms with Crippen LogP contribution in [-0.2, 0) is 13.0 Å². The van der Waals surface area contributed by atoms with E-state index in [1.54, 1.807) is 20.5 Å². The number of nitrogens with one attached hydrogen (secondary N) is 1. The van der Waals surface area contributed by atoms with Crippen molar-refractivity contribution in [2.24, 2.45) is 0 Å². The molecule has 6 heteroatoms. The van der Waals surface area contributed by atoms with E-state index >= 15 is 0 Å². The van der Waals surface area contributed by atoms with Crippen LogP contribution in [0.5, 0.6) is 11.5 Å². The first-order valence-electron chi connectivity index (χ1n) is 9.30. The molecular formula is C22H24N4O2. The fourth-order valence-corrected chi connectivity index (χ4v) is 3.45. The summed E-state index contributed by atoms with van der Waals surface area (Å²) in [5, 5.41) is 3.35. The Hall–Kier alpha value is -3.28. The van der Waals surface area contributed by atoms with Crippen molar-refractivity contribution >= 4 is 17.3 Å². The van der Waals surface area contributed by atoms with Gasteiger partial charge in [0.25, 0.3) is 0 Å². The smallest absolute Gasteiger partial charge is 0.161 e. The van der Waals surface area contributed by atoms with Gasteiger partial charge in [-0.3, -0.25) is 0 Å². The van der Waals surface area contributed by atoms with Gasteiger partial charge in [0.05, 0.1) is 14.2 Å². The fourth-order valence-electron chi connectivity index (χ4n) is 3.45. The van der Waals surface area contributed by atoms with Crippen molar-refractivity contribution in [2.45, 2.75) is 19.9 Å². The van der Waals surface area contributed by atoms with Gasteiger partial charge in [-0.05, 0) is 48.7 Å². The maximum atomic E-state index is 5.46. The van der Waals surface area contributed by atoms with Crippen LogP contribution in [0.1, 0.15) is 16.7 Å². The second kappa shape index (κ2) is 7.76. The Morgan fingerprint density at radius 1 is 0.929 bits per heavy atom. The lowest BCUT2D eigenvalue weighted by Crippen LogP contribution is -2.31. The number of ether oxygens (including phenoxy) is 2. The number of aryl methyl sites for hydroxylation is 1. The highest BCUT2D eigenvalue weighted by atomic mass is 16.5. The number of nitrogens with zero attached hydrogens (tertiary/aromatic N) is 3. The van der Waals surface area contributed by atoms with Crippen molar-refractivity contribution in [2.75, 3.05) is 31.0 Å². The van der Waals surface area contributed by atoms with Crippen LogP contribution in [0.4, 0.5) is 17.3 Å². The zero-order chi connectivity index (χ0) is 19.5. The summed E-state index contributed by atoms with van der Waals surface area (Å²) in [5.74, 6) is 3.23. The summed E-state index contributed by atoms with van der Waals surface area (Å²) in [6.45, 7) is 3.74. The minimum atomic E-state index is 0.757. The third kappa shape index (κ3) is 3.71. The lowest BCUT2D eigenvalue weighted by atomic mass is 9.99. The second-order valence-electron chi connectivity index (χ2n) is 6.90. The van der Waals surface area contributed by atoms with Gasteiger partial charge in [0, 0.05) is 24.8 Å². The Morgan fingerprint density at radius 3 is 2.36 bits per heavy atom. The van der Waals surface area contributed by atoms with E-state index in [0.29, 0.717) is 0 Å². The van der Waals surface area contributed by atoms with E-state index in [2.05, 4.69) is 51.4 Å². The van der Waals surface area contributed by atoms with Crippen molar-refractivity contribution in [3.63, 3.8) is 0 Å². The standard InChI is InChI=1S/C22H24N4O2/c1-15-4-6-18(7-5-15)25-21-12-22(24-14-23-21)26-9-8-16-10-19(27-2)20(28-3)11-17(16)13-26/h4-7,10-12,14H,8-9,13H2,1-3H3,(H,23,24,25). The van der Waals surface area contributed by atoms with Crippen LogP contribution in [0.3, 0.4) is 0 Å². The molecule has 2 heterocycles. The zero-order valence-corrected chi connectivity index (χ0v) is 16.4. The van der Waals surface area contributed by atoms with Crippen LogP contribution in [0, 0.1) is 6.92 Å². The highest BCUT2D eigenvalue weighted by Gasteiger charge is 2.20. The first-order chi connectivity index (χ1) is 13.7. The summed E-state index contributed by atoms with van der Waals surface area (Å²) in [6, 6.07) is 14.4. The van der Waals surface area contributed by atoms with Gasteiger partial charge >= 0.3 is 0 Å². The van der Waals surface area contributed by atoms with Gasteiger partial charge in [0.15, 0.2) is 11.5 Å². The van der Waals surface area contributed by atoms with Crippen molar-refractivity contribution in [3.8, 4) is 11.5 Å². The van der Waals surface area contributed by atoms with Crippen LogP contribution in [0.15, 0.2) is 48.8 Å². The molecule has 4 rings (SSSR count). The lowest BCUT2D eigenvalue weighted by molar-refractivity contribution is 0.353. The average Bonchev–Trinajstić information content (AvgIpc) is 2.74. The molecule has 1 aromatic heterocycles. The lowest BCUT2D eigenvalue weighted by Gasteiger charge is -2.30. The fraction of sp³-hybridized carbons (Fsp3) is 0.273. The van der Waals surface area contributed by atoms with E-state index in [1.165, 1.54) is 16.7 Å². The van der Waals surface area contributed by atoms with Gasteiger partial charge in [-0.2, -0.15) is 0 Å². The molecule has 1 aliphatic heterocycles. The Bertz CT molecular complexity index is 973. The average molecular weight is 376 g/mol. The summed E-state index contributed by atoms with van der Waals surface area (Å²) in [4.78, 5) is 11.1. The van der Waals surface area contributed by atoms with Crippen molar-refractivity contribution in [1.82, 2.24) is 9.97 Å². The number of benzene rings is 2. The molecule has 2 aromatic carbocycles. The minimum Gasteiger partial charge on any atom is -0.493 e. The quantitative estimate of drug-likeness (QED) is 0.723. The molecule has 144 valence electrons. The molecular weight excluding hydrogens is 352 g/mol. The molecule has 1 N–H and O–H groups in total. The van der Waals surface area contributed by atoms with Crippen LogP contribution in [-0.4, -0.2) is 30.7 Å². The number of hydrogen-bond donors (Lipinski definition) is 1. The number of aromatic nitrogens is 2. The van der Waals surface area contributed by atoms with Gasteiger partial charge in [-0.15, -0.1) is 0 Å². The molecule has 0 saturated heterocycles. The molecule has 0 aliphatic carbocycles. The molecule has 6 nitrogen and oxygen atoms in total. The van der Waals surface area contributed by atoms with Gasteiger partial charge < -0.3 is 19.7 Å². The number of anilines is 3. The normalized spacial score (nSPS) is 13.0. The first kappa shape index (κ1) is 18.1. The van der Waals surface area contributed by atoms with E-state index < -0.39 is 0 Å². The van der Waals surface area contributed by atoms with E-state index in [0.717, 1.165) is 48.3 Å². The molecule has 0 radical (unpaired) electrons. The Labute approximate surface area is 165 Å². The van der Waals surface area contributed by atoms with Gasteiger partial charge in [-0.1, -0.05) is 17.7 Å². The maximum absolute atomic E-state index is 5.46. The first-order valence-corrected chi connectivity index (χ1v) is 9.30. The molecule has 0 spiro atoms. The maximum Gasteiger partial charge on any atom is 0.161 e. The SMILES string of the molecule is COc1cc2c(cc1OC)CN(c1cc(Nc3ccc(C)cc3)ncn1)CC2.